The molecular formula is C7H7NO4S. The van der Waals surface area contributed by atoms with Gasteiger partial charge in [0.15, 0.2) is 0 Å². The van der Waals surface area contributed by atoms with Crippen LogP contribution in [-0.4, -0.2) is 30.5 Å². The molecule has 13 heavy (non-hydrogen) atoms. The van der Waals surface area contributed by atoms with Crippen molar-refractivity contribution in [1.82, 2.24) is 5.32 Å². The van der Waals surface area contributed by atoms with Gasteiger partial charge in [-0.05, 0) is 0 Å². The average Bonchev–Trinajstić information content (AvgIpc) is 2.44. The highest BCUT2D eigenvalue weighted by Gasteiger charge is 2.25. The number of nitrogens with one attached hydrogen (secondary N) is 1. The Morgan fingerprint density at radius 3 is 2.77 bits per heavy atom. The number of carbonyl (C=O) groups is 3. The van der Waals surface area contributed by atoms with Crippen LogP contribution in [0.2, 0.25) is 0 Å². The molecule has 1 aliphatic heterocycles. The Morgan fingerprint density at radius 2 is 2.31 bits per heavy atom. The number of carbonyl (C=O) groups excluding carboxylic acids is 3. The number of esters is 1. The molecule has 6 heteroatoms. The second kappa shape index (κ2) is 4.08. The number of ether oxygens (including phenoxy) is 1. The first-order valence-electron chi connectivity index (χ1n) is 3.40. The maximum atomic E-state index is 11.0. The minimum Gasteiger partial charge on any atom is -0.468 e. The van der Waals surface area contributed by atoms with E-state index in [-0.39, 0.29) is 10.7 Å². The van der Waals surface area contributed by atoms with Gasteiger partial charge in [0.2, 0.25) is 0 Å². The Bertz CT molecular complexity index is 297. The number of methoxy groups -OCH3 is 1. The van der Waals surface area contributed by atoms with Crippen molar-refractivity contribution >= 4 is 29.4 Å². The molecule has 0 bridgehead atoms. The highest BCUT2D eigenvalue weighted by Crippen LogP contribution is 2.18. The van der Waals surface area contributed by atoms with Crippen molar-refractivity contribution in [3.8, 4) is 0 Å². The second-order valence-electron chi connectivity index (χ2n) is 2.18. The Morgan fingerprint density at radius 1 is 1.62 bits per heavy atom. The van der Waals surface area contributed by atoms with Gasteiger partial charge in [-0.15, -0.1) is 11.8 Å². The molecule has 5 nitrogen and oxygen atoms in total. The van der Waals surface area contributed by atoms with Crippen LogP contribution in [-0.2, 0) is 19.1 Å². The number of thioether (sulfide) groups is 1. The summed E-state index contributed by atoms with van der Waals surface area (Å²) in [6.07, 6.45) is 1.29. The van der Waals surface area contributed by atoms with Crippen LogP contribution in [0, 0.1) is 0 Å². The third-order valence-corrected chi connectivity index (χ3v) is 2.33. The molecule has 0 aromatic heterocycles. The first-order chi connectivity index (χ1) is 6.15. The van der Waals surface area contributed by atoms with E-state index >= 15 is 0 Å². The molecule has 0 radical (unpaired) electrons. The molecule has 0 aliphatic carbocycles. The Balaban J connectivity index is 2.43. The van der Waals surface area contributed by atoms with E-state index in [1.807, 2.05) is 0 Å². The lowest BCUT2D eigenvalue weighted by atomic mass is 10.4. The van der Waals surface area contributed by atoms with Gasteiger partial charge in [0.1, 0.15) is 0 Å². The van der Waals surface area contributed by atoms with Crippen LogP contribution < -0.4 is 5.32 Å². The van der Waals surface area contributed by atoms with Gasteiger partial charge in [0, 0.05) is 6.20 Å². The zero-order chi connectivity index (χ0) is 9.84. The molecule has 1 aliphatic rings. The molecule has 1 rings (SSSR count). The number of hydrogen-bond acceptors (Lipinski definition) is 5. The van der Waals surface area contributed by atoms with Gasteiger partial charge in [-0.2, -0.15) is 0 Å². The van der Waals surface area contributed by atoms with Crippen molar-refractivity contribution in [2.45, 2.75) is 0 Å². The summed E-state index contributed by atoms with van der Waals surface area (Å²) in [5.74, 6) is -1.66. The molecule has 0 saturated heterocycles. The average molecular weight is 201 g/mol. The van der Waals surface area contributed by atoms with Gasteiger partial charge in [-0.3, -0.25) is 14.4 Å². The lowest BCUT2D eigenvalue weighted by molar-refractivity contribution is -0.137. The standard InChI is InChI=1S/C7H7NO4S/c1-12-5(9)3-13-4-2-8-7(11)6(4)10/h2H,3H2,1H3,(H,8,10,11). The SMILES string of the molecule is COC(=O)CSC1=CNC(=O)C1=O. The molecule has 1 heterocycles. The number of rotatable bonds is 3. The summed E-state index contributed by atoms with van der Waals surface area (Å²) in [4.78, 5) is 32.5. The minimum absolute atomic E-state index is 0.0308. The van der Waals surface area contributed by atoms with Crippen molar-refractivity contribution in [1.29, 1.82) is 0 Å². The molecule has 0 unspecified atom stereocenters. The third kappa shape index (κ3) is 2.32. The number of ketones is 1. The van der Waals surface area contributed by atoms with Crippen LogP contribution in [0.3, 0.4) is 0 Å². The summed E-state index contributed by atoms with van der Waals surface area (Å²) in [7, 11) is 1.26. The Hall–Kier alpha value is -1.30. The van der Waals surface area contributed by atoms with E-state index in [0.29, 0.717) is 0 Å². The van der Waals surface area contributed by atoms with Crippen molar-refractivity contribution in [3.63, 3.8) is 0 Å². The first-order valence-corrected chi connectivity index (χ1v) is 4.38. The minimum atomic E-state index is -0.660. The lowest BCUT2D eigenvalue weighted by Crippen LogP contribution is -2.19. The first kappa shape index (κ1) is 9.79. The number of hydrogen-bond donors (Lipinski definition) is 1. The molecule has 0 atom stereocenters. The van der Waals surface area contributed by atoms with Gasteiger partial charge in [-0.25, -0.2) is 0 Å². The highest BCUT2D eigenvalue weighted by atomic mass is 32.2. The van der Waals surface area contributed by atoms with E-state index in [0.717, 1.165) is 11.8 Å². The monoisotopic (exact) mass is 201 g/mol. The van der Waals surface area contributed by atoms with Crippen molar-refractivity contribution in [2.75, 3.05) is 12.9 Å². The van der Waals surface area contributed by atoms with Crippen LogP contribution in [0.25, 0.3) is 0 Å². The van der Waals surface area contributed by atoms with Crippen molar-refractivity contribution < 1.29 is 19.1 Å². The summed E-state index contributed by atoms with van der Waals surface area (Å²) in [6, 6.07) is 0. The van der Waals surface area contributed by atoms with E-state index in [1.165, 1.54) is 13.3 Å². The topological polar surface area (TPSA) is 72.5 Å². The molecule has 70 valence electrons. The van der Waals surface area contributed by atoms with E-state index in [1.54, 1.807) is 0 Å². The third-order valence-electron chi connectivity index (χ3n) is 1.34. The Labute approximate surface area is 78.5 Å². The van der Waals surface area contributed by atoms with Gasteiger partial charge >= 0.3 is 5.97 Å². The van der Waals surface area contributed by atoms with Gasteiger partial charge in [0.25, 0.3) is 11.7 Å². The van der Waals surface area contributed by atoms with Crippen LogP contribution in [0.4, 0.5) is 0 Å². The van der Waals surface area contributed by atoms with Crippen LogP contribution in [0.1, 0.15) is 0 Å². The molecule has 1 N–H and O–H groups in total. The maximum Gasteiger partial charge on any atom is 0.315 e. The van der Waals surface area contributed by atoms with Crippen molar-refractivity contribution in [2.24, 2.45) is 0 Å². The van der Waals surface area contributed by atoms with Crippen molar-refractivity contribution in [3.05, 3.63) is 11.1 Å². The normalized spacial score (nSPS) is 15.3. The Kier molecular flexibility index (Phi) is 3.07. The second-order valence-corrected chi connectivity index (χ2v) is 3.19. The van der Waals surface area contributed by atoms with E-state index in [9.17, 15) is 14.4 Å². The zero-order valence-corrected chi connectivity index (χ0v) is 7.64. The predicted molar refractivity (Wildman–Crippen MR) is 45.7 cm³/mol. The van der Waals surface area contributed by atoms with Crippen LogP contribution >= 0.6 is 11.8 Å². The molecule has 1 amide bonds. The number of amides is 1. The molecule has 0 aromatic carbocycles. The fourth-order valence-corrected chi connectivity index (χ4v) is 1.43. The van der Waals surface area contributed by atoms with Gasteiger partial charge < -0.3 is 10.1 Å². The van der Waals surface area contributed by atoms with Crippen LogP contribution in [0.15, 0.2) is 11.1 Å². The zero-order valence-electron chi connectivity index (χ0n) is 6.83. The molecule has 0 fully saturated rings. The molecular weight excluding hydrogens is 194 g/mol. The largest absolute Gasteiger partial charge is 0.468 e. The van der Waals surface area contributed by atoms with E-state index in [4.69, 9.17) is 0 Å². The molecule has 0 saturated carbocycles. The fourth-order valence-electron chi connectivity index (χ4n) is 0.677. The van der Waals surface area contributed by atoms with Gasteiger partial charge in [0.05, 0.1) is 17.8 Å². The van der Waals surface area contributed by atoms with Gasteiger partial charge in [-0.1, -0.05) is 0 Å². The number of Topliss-reactive ketones (excluding diaryl/α,β-unsaturated/α-hetero) is 1. The highest BCUT2D eigenvalue weighted by molar-refractivity contribution is 8.04. The summed E-state index contributed by atoms with van der Waals surface area (Å²) in [6.45, 7) is 0. The summed E-state index contributed by atoms with van der Waals surface area (Å²) in [5.41, 5.74) is 0. The van der Waals surface area contributed by atoms with Crippen LogP contribution in [0.5, 0.6) is 0 Å². The maximum absolute atomic E-state index is 11.0. The lowest BCUT2D eigenvalue weighted by Gasteiger charge is -1.97. The summed E-state index contributed by atoms with van der Waals surface area (Å²) in [5, 5.41) is 2.24. The summed E-state index contributed by atoms with van der Waals surface area (Å²) >= 11 is 0.982. The van der Waals surface area contributed by atoms with E-state index < -0.39 is 17.7 Å². The summed E-state index contributed by atoms with van der Waals surface area (Å²) < 4.78 is 4.37. The molecule has 0 aromatic rings. The fraction of sp³-hybridized carbons (Fsp3) is 0.286. The predicted octanol–water partition coefficient (Wildman–Crippen LogP) is -0.567. The molecule has 0 spiro atoms. The van der Waals surface area contributed by atoms with E-state index in [2.05, 4.69) is 10.1 Å². The quantitative estimate of drug-likeness (QED) is 0.489. The smallest absolute Gasteiger partial charge is 0.315 e.